The van der Waals surface area contributed by atoms with Gasteiger partial charge in [-0.05, 0) is 23.8 Å². The van der Waals surface area contributed by atoms with Crippen LogP contribution in [0.3, 0.4) is 0 Å². The van der Waals surface area contributed by atoms with Gasteiger partial charge in [0.05, 0.1) is 0 Å². The van der Waals surface area contributed by atoms with Crippen molar-refractivity contribution >= 4 is 10.9 Å². The Labute approximate surface area is 122 Å². The molecule has 0 saturated heterocycles. The van der Waals surface area contributed by atoms with E-state index in [1.165, 1.54) is 12.1 Å². The minimum atomic E-state index is -0.294. The van der Waals surface area contributed by atoms with Crippen molar-refractivity contribution in [2.24, 2.45) is 12.8 Å². The molecule has 1 heterocycles. The zero-order valence-electron chi connectivity index (χ0n) is 11.8. The maximum atomic E-state index is 13.1. The smallest absolute Gasteiger partial charge is 0.126 e. The molecule has 0 saturated carbocycles. The van der Waals surface area contributed by atoms with E-state index >= 15 is 0 Å². The molecule has 0 amide bonds. The SMILES string of the molecule is Cn1cc(COc2cccc(F)c2)c2ccc(CN)cc21. The fourth-order valence-corrected chi connectivity index (χ4v) is 2.47. The number of rotatable bonds is 4. The van der Waals surface area contributed by atoms with E-state index in [1.54, 1.807) is 12.1 Å². The van der Waals surface area contributed by atoms with Gasteiger partial charge in [0.2, 0.25) is 0 Å². The molecule has 2 N–H and O–H groups in total. The number of hydrogen-bond donors (Lipinski definition) is 1. The molecule has 0 unspecified atom stereocenters. The molecule has 0 aliphatic heterocycles. The van der Waals surface area contributed by atoms with Crippen LogP contribution in [0.1, 0.15) is 11.1 Å². The van der Waals surface area contributed by atoms with Crippen LogP contribution in [0.5, 0.6) is 5.75 Å². The van der Waals surface area contributed by atoms with Crippen LogP contribution < -0.4 is 10.5 Å². The molecule has 0 spiro atoms. The number of aryl methyl sites for hydroxylation is 1. The zero-order chi connectivity index (χ0) is 14.8. The van der Waals surface area contributed by atoms with Gasteiger partial charge in [0, 0.05) is 42.3 Å². The molecule has 0 fully saturated rings. The third-order valence-corrected chi connectivity index (χ3v) is 3.56. The van der Waals surface area contributed by atoms with Crippen molar-refractivity contribution < 1.29 is 9.13 Å². The van der Waals surface area contributed by atoms with Crippen LogP contribution in [0, 0.1) is 5.82 Å². The summed E-state index contributed by atoms with van der Waals surface area (Å²) >= 11 is 0. The van der Waals surface area contributed by atoms with E-state index in [1.807, 2.05) is 19.3 Å². The topological polar surface area (TPSA) is 40.2 Å². The largest absolute Gasteiger partial charge is 0.489 e. The molecular formula is C17H17FN2O. The standard InChI is InChI=1S/C17H17FN2O/c1-20-10-13(11-21-15-4-2-3-14(18)8-15)16-6-5-12(9-19)7-17(16)20/h2-8,10H,9,11,19H2,1H3. The Bertz CT molecular complexity index is 780. The molecule has 4 heteroatoms. The van der Waals surface area contributed by atoms with Crippen LogP contribution in [-0.4, -0.2) is 4.57 Å². The number of nitrogens with two attached hydrogens (primary N) is 1. The second-order valence-corrected chi connectivity index (χ2v) is 5.07. The predicted octanol–water partition coefficient (Wildman–Crippen LogP) is 3.36. The predicted molar refractivity (Wildman–Crippen MR) is 81.5 cm³/mol. The lowest BCUT2D eigenvalue weighted by atomic mass is 10.1. The molecule has 0 bridgehead atoms. The van der Waals surface area contributed by atoms with Crippen LogP contribution in [0.15, 0.2) is 48.7 Å². The van der Waals surface area contributed by atoms with Gasteiger partial charge in [-0.15, -0.1) is 0 Å². The van der Waals surface area contributed by atoms with Crippen molar-refractivity contribution in [3.8, 4) is 5.75 Å². The Balaban J connectivity index is 1.87. The molecule has 3 rings (SSSR count). The first-order valence-corrected chi connectivity index (χ1v) is 6.82. The van der Waals surface area contributed by atoms with Gasteiger partial charge in [-0.1, -0.05) is 18.2 Å². The number of nitrogens with zero attached hydrogens (tertiary/aromatic N) is 1. The summed E-state index contributed by atoms with van der Waals surface area (Å²) in [5, 5.41) is 1.13. The molecule has 0 aliphatic rings. The summed E-state index contributed by atoms with van der Waals surface area (Å²) in [6.07, 6.45) is 2.03. The minimum absolute atomic E-state index is 0.294. The maximum Gasteiger partial charge on any atom is 0.126 e. The molecule has 3 aromatic rings. The number of hydrogen-bond acceptors (Lipinski definition) is 2. The summed E-state index contributed by atoms with van der Waals surface area (Å²) in [6.45, 7) is 0.930. The van der Waals surface area contributed by atoms with E-state index in [2.05, 4.69) is 16.7 Å². The van der Waals surface area contributed by atoms with Crippen LogP contribution in [0.25, 0.3) is 10.9 Å². The first kappa shape index (κ1) is 13.6. The fourth-order valence-electron chi connectivity index (χ4n) is 2.47. The summed E-state index contributed by atoms with van der Waals surface area (Å²) in [5.41, 5.74) is 8.97. The van der Waals surface area contributed by atoms with Crippen LogP contribution in [0.4, 0.5) is 4.39 Å². The number of halogens is 1. The van der Waals surface area contributed by atoms with E-state index < -0.39 is 0 Å². The van der Waals surface area contributed by atoms with E-state index in [4.69, 9.17) is 10.5 Å². The van der Waals surface area contributed by atoms with Gasteiger partial charge in [0.15, 0.2) is 0 Å². The van der Waals surface area contributed by atoms with Crippen LogP contribution in [0.2, 0.25) is 0 Å². The zero-order valence-corrected chi connectivity index (χ0v) is 11.8. The average Bonchev–Trinajstić information content (AvgIpc) is 2.81. The lowest BCUT2D eigenvalue weighted by Crippen LogP contribution is -1.96. The normalized spacial score (nSPS) is 11.0. The lowest BCUT2D eigenvalue weighted by molar-refractivity contribution is 0.306. The van der Waals surface area contributed by atoms with Gasteiger partial charge < -0.3 is 15.0 Å². The summed E-state index contributed by atoms with van der Waals surface area (Å²) in [4.78, 5) is 0. The lowest BCUT2D eigenvalue weighted by Gasteiger charge is -2.05. The van der Waals surface area contributed by atoms with Gasteiger partial charge in [-0.25, -0.2) is 4.39 Å². The molecule has 1 aromatic heterocycles. The molecule has 0 radical (unpaired) electrons. The third-order valence-electron chi connectivity index (χ3n) is 3.56. The van der Waals surface area contributed by atoms with E-state index in [0.717, 1.165) is 22.0 Å². The number of ether oxygens (including phenoxy) is 1. The first-order chi connectivity index (χ1) is 10.2. The van der Waals surface area contributed by atoms with Gasteiger partial charge >= 0.3 is 0 Å². The van der Waals surface area contributed by atoms with Crippen molar-refractivity contribution in [3.63, 3.8) is 0 Å². The molecule has 0 atom stereocenters. The fraction of sp³-hybridized carbons (Fsp3) is 0.176. The molecule has 108 valence electrons. The Morgan fingerprint density at radius 1 is 1.19 bits per heavy atom. The van der Waals surface area contributed by atoms with Crippen molar-refractivity contribution in [1.29, 1.82) is 0 Å². The third kappa shape index (κ3) is 2.76. The van der Waals surface area contributed by atoms with Gasteiger partial charge in [-0.2, -0.15) is 0 Å². The van der Waals surface area contributed by atoms with Crippen LogP contribution >= 0.6 is 0 Å². The number of benzene rings is 2. The number of aromatic nitrogens is 1. The highest BCUT2D eigenvalue weighted by Gasteiger charge is 2.08. The minimum Gasteiger partial charge on any atom is -0.489 e. The second-order valence-electron chi connectivity index (χ2n) is 5.07. The average molecular weight is 284 g/mol. The van der Waals surface area contributed by atoms with Crippen molar-refractivity contribution in [3.05, 3.63) is 65.6 Å². The van der Waals surface area contributed by atoms with E-state index in [9.17, 15) is 4.39 Å². The molecule has 0 aliphatic carbocycles. The number of fused-ring (bicyclic) bond motifs is 1. The summed E-state index contributed by atoms with van der Waals surface area (Å²) < 4.78 is 20.9. The van der Waals surface area contributed by atoms with E-state index in [0.29, 0.717) is 18.9 Å². The highest BCUT2D eigenvalue weighted by molar-refractivity contribution is 5.84. The first-order valence-electron chi connectivity index (χ1n) is 6.82. The van der Waals surface area contributed by atoms with Crippen molar-refractivity contribution in [2.75, 3.05) is 0 Å². The highest BCUT2D eigenvalue weighted by Crippen LogP contribution is 2.23. The molecule has 2 aromatic carbocycles. The van der Waals surface area contributed by atoms with Gasteiger partial charge in [0.25, 0.3) is 0 Å². The highest BCUT2D eigenvalue weighted by atomic mass is 19.1. The monoisotopic (exact) mass is 284 g/mol. The summed E-state index contributed by atoms with van der Waals surface area (Å²) in [5.74, 6) is 0.239. The quantitative estimate of drug-likeness (QED) is 0.798. The molecule has 3 nitrogen and oxygen atoms in total. The Hall–Kier alpha value is -2.33. The van der Waals surface area contributed by atoms with Crippen molar-refractivity contribution in [2.45, 2.75) is 13.2 Å². The molecule has 21 heavy (non-hydrogen) atoms. The van der Waals surface area contributed by atoms with Gasteiger partial charge in [-0.3, -0.25) is 0 Å². The van der Waals surface area contributed by atoms with Crippen LogP contribution in [-0.2, 0) is 20.2 Å². The maximum absolute atomic E-state index is 13.1. The summed E-state index contributed by atoms with van der Waals surface area (Å²) in [7, 11) is 1.99. The Morgan fingerprint density at radius 3 is 2.81 bits per heavy atom. The Kier molecular flexibility index (Phi) is 3.62. The van der Waals surface area contributed by atoms with E-state index in [-0.39, 0.29) is 5.82 Å². The second kappa shape index (κ2) is 5.58. The van der Waals surface area contributed by atoms with Crippen molar-refractivity contribution in [1.82, 2.24) is 4.57 Å². The summed E-state index contributed by atoms with van der Waals surface area (Å²) in [6, 6.07) is 12.3. The van der Waals surface area contributed by atoms with Gasteiger partial charge in [0.1, 0.15) is 18.2 Å². The molecular weight excluding hydrogens is 267 g/mol. The Morgan fingerprint density at radius 2 is 2.05 bits per heavy atom.